The van der Waals surface area contributed by atoms with Crippen molar-refractivity contribution in [1.82, 2.24) is 10.2 Å². The van der Waals surface area contributed by atoms with Crippen molar-refractivity contribution in [1.29, 1.82) is 0 Å². The van der Waals surface area contributed by atoms with Gasteiger partial charge in [0, 0.05) is 19.1 Å². The maximum Gasteiger partial charge on any atom is 0.230 e. The monoisotopic (exact) mass is 288 g/mol. The predicted octanol–water partition coefficient (Wildman–Crippen LogP) is 0.412. The molecule has 2 rings (SSSR count). The Kier molecular flexibility index (Phi) is 4.20. The van der Waals surface area contributed by atoms with Gasteiger partial charge in [0.05, 0.1) is 16.9 Å². The fraction of sp³-hybridized carbons (Fsp3) is 0.923. The summed E-state index contributed by atoms with van der Waals surface area (Å²) < 4.78 is 23.2. The van der Waals surface area contributed by atoms with E-state index in [4.69, 9.17) is 0 Å². The van der Waals surface area contributed by atoms with Crippen LogP contribution in [0, 0.1) is 5.41 Å². The lowest BCUT2D eigenvalue weighted by molar-refractivity contribution is -0.143. The van der Waals surface area contributed by atoms with Crippen LogP contribution in [0.2, 0.25) is 0 Å². The molecule has 2 fully saturated rings. The molecule has 0 aromatic heterocycles. The molecule has 1 N–H and O–H groups in total. The SMILES string of the molecule is CCN(C(=O)C1(CC)CCNC1)C1CCS(=O)(=O)C1. The normalized spacial score (nSPS) is 33.5. The van der Waals surface area contributed by atoms with Crippen molar-refractivity contribution in [2.75, 3.05) is 31.1 Å². The molecule has 2 saturated heterocycles. The van der Waals surface area contributed by atoms with Gasteiger partial charge in [0.2, 0.25) is 5.91 Å². The smallest absolute Gasteiger partial charge is 0.230 e. The number of hydrogen-bond donors (Lipinski definition) is 1. The number of rotatable bonds is 4. The molecule has 0 bridgehead atoms. The fourth-order valence-electron chi connectivity index (χ4n) is 3.27. The maximum absolute atomic E-state index is 12.8. The molecule has 0 aliphatic carbocycles. The van der Waals surface area contributed by atoms with E-state index in [9.17, 15) is 13.2 Å². The van der Waals surface area contributed by atoms with E-state index >= 15 is 0 Å². The Balaban J connectivity index is 2.15. The zero-order valence-electron chi connectivity index (χ0n) is 11.8. The third-order valence-electron chi connectivity index (χ3n) is 4.62. The zero-order chi connectivity index (χ0) is 14.1. The summed E-state index contributed by atoms with van der Waals surface area (Å²) in [5, 5.41) is 3.27. The van der Waals surface area contributed by atoms with Gasteiger partial charge in [0.1, 0.15) is 0 Å². The molecule has 6 heteroatoms. The molecular weight excluding hydrogens is 264 g/mol. The van der Waals surface area contributed by atoms with E-state index in [1.54, 1.807) is 4.90 Å². The van der Waals surface area contributed by atoms with Crippen LogP contribution >= 0.6 is 0 Å². The Hall–Kier alpha value is -0.620. The van der Waals surface area contributed by atoms with E-state index in [-0.39, 0.29) is 28.9 Å². The third-order valence-corrected chi connectivity index (χ3v) is 6.38. The highest BCUT2D eigenvalue weighted by Crippen LogP contribution is 2.33. The second-order valence-electron chi connectivity index (χ2n) is 5.71. The van der Waals surface area contributed by atoms with Crippen LogP contribution in [-0.4, -0.2) is 56.4 Å². The number of hydrogen-bond acceptors (Lipinski definition) is 4. The van der Waals surface area contributed by atoms with Crippen LogP contribution in [0.1, 0.15) is 33.1 Å². The molecule has 5 nitrogen and oxygen atoms in total. The standard InChI is InChI=1S/C13H24N2O3S/c1-3-13(6-7-14-10-13)12(16)15(4-2)11-5-8-19(17,18)9-11/h11,14H,3-10H2,1-2H3. The van der Waals surface area contributed by atoms with Gasteiger partial charge in [0.25, 0.3) is 0 Å². The number of carbonyl (C=O) groups is 1. The van der Waals surface area contributed by atoms with Crippen molar-refractivity contribution < 1.29 is 13.2 Å². The maximum atomic E-state index is 12.8. The van der Waals surface area contributed by atoms with E-state index in [2.05, 4.69) is 5.32 Å². The Morgan fingerprint density at radius 1 is 1.42 bits per heavy atom. The minimum Gasteiger partial charge on any atom is -0.338 e. The van der Waals surface area contributed by atoms with Gasteiger partial charge in [-0.1, -0.05) is 6.92 Å². The molecule has 2 aliphatic rings. The van der Waals surface area contributed by atoms with Gasteiger partial charge in [-0.05, 0) is 32.7 Å². The predicted molar refractivity (Wildman–Crippen MR) is 74.7 cm³/mol. The first-order valence-corrected chi connectivity index (χ1v) is 8.98. The molecule has 2 atom stereocenters. The first-order chi connectivity index (χ1) is 8.94. The largest absolute Gasteiger partial charge is 0.338 e. The second kappa shape index (κ2) is 5.40. The van der Waals surface area contributed by atoms with Crippen molar-refractivity contribution in [3.05, 3.63) is 0 Å². The first-order valence-electron chi connectivity index (χ1n) is 7.16. The second-order valence-corrected chi connectivity index (χ2v) is 7.94. The van der Waals surface area contributed by atoms with Crippen LogP contribution in [0.15, 0.2) is 0 Å². The summed E-state index contributed by atoms with van der Waals surface area (Å²) >= 11 is 0. The zero-order valence-corrected chi connectivity index (χ0v) is 12.6. The lowest BCUT2D eigenvalue weighted by Gasteiger charge is -2.36. The van der Waals surface area contributed by atoms with E-state index in [1.807, 2.05) is 13.8 Å². The van der Waals surface area contributed by atoms with Crippen molar-refractivity contribution in [2.24, 2.45) is 5.41 Å². The molecular formula is C13H24N2O3S. The van der Waals surface area contributed by atoms with Gasteiger partial charge in [-0.3, -0.25) is 4.79 Å². The molecule has 1 amide bonds. The van der Waals surface area contributed by atoms with Gasteiger partial charge in [0.15, 0.2) is 9.84 Å². The molecule has 2 aliphatic heterocycles. The Bertz CT molecular complexity index is 441. The Labute approximate surface area is 115 Å². The van der Waals surface area contributed by atoms with Crippen LogP contribution in [0.4, 0.5) is 0 Å². The van der Waals surface area contributed by atoms with Crippen LogP contribution in [-0.2, 0) is 14.6 Å². The average molecular weight is 288 g/mol. The summed E-state index contributed by atoms with van der Waals surface area (Å²) in [4.78, 5) is 14.6. The van der Waals surface area contributed by atoms with E-state index in [0.29, 0.717) is 13.0 Å². The lowest BCUT2D eigenvalue weighted by atomic mass is 9.82. The van der Waals surface area contributed by atoms with E-state index < -0.39 is 9.84 Å². The van der Waals surface area contributed by atoms with Gasteiger partial charge in [-0.15, -0.1) is 0 Å². The highest BCUT2D eigenvalue weighted by molar-refractivity contribution is 7.91. The molecule has 2 heterocycles. The lowest BCUT2D eigenvalue weighted by Crippen LogP contribution is -2.50. The average Bonchev–Trinajstić information content (AvgIpc) is 2.97. The van der Waals surface area contributed by atoms with Crippen LogP contribution in [0.3, 0.4) is 0 Å². The van der Waals surface area contributed by atoms with Gasteiger partial charge >= 0.3 is 0 Å². The Morgan fingerprint density at radius 3 is 2.58 bits per heavy atom. The molecule has 0 radical (unpaired) electrons. The molecule has 19 heavy (non-hydrogen) atoms. The quantitative estimate of drug-likeness (QED) is 0.814. The number of nitrogens with one attached hydrogen (secondary N) is 1. The number of carbonyl (C=O) groups excluding carboxylic acids is 1. The molecule has 0 spiro atoms. The number of nitrogens with zero attached hydrogens (tertiary/aromatic N) is 1. The van der Waals surface area contributed by atoms with Gasteiger partial charge in [-0.2, -0.15) is 0 Å². The summed E-state index contributed by atoms with van der Waals surface area (Å²) in [7, 11) is -2.94. The topological polar surface area (TPSA) is 66.5 Å². The minimum atomic E-state index is -2.94. The molecule has 0 saturated carbocycles. The van der Waals surface area contributed by atoms with Crippen LogP contribution in [0.25, 0.3) is 0 Å². The van der Waals surface area contributed by atoms with Crippen LogP contribution < -0.4 is 5.32 Å². The highest BCUT2D eigenvalue weighted by Gasteiger charge is 2.45. The van der Waals surface area contributed by atoms with Crippen molar-refractivity contribution in [3.8, 4) is 0 Å². The third kappa shape index (κ3) is 2.79. The van der Waals surface area contributed by atoms with Gasteiger partial charge in [-0.25, -0.2) is 8.42 Å². The van der Waals surface area contributed by atoms with E-state index in [0.717, 1.165) is 25.9 Å². The molecule has 0 aromatic carbocycles. The van der Waals surface area contributed by atoms with Crippen molar-refractivity contribution >= 4 is 15.7 Å². The summed E-state index contributed by atoms with van der Waals surface area (Å²) in [6.07, 6.45) is 2.27. The van der Waals surface area contributed by atoms with Crippen molar-refractivity contribution in [3.63, 3.8) is 0 Å². The number of sulfone groups is 1. The summed E-state index contributed by atoms with van der Waals surface area (Å²) in [6, 6.07) is -0.119. The summed E-state index contributed by atoms with van der Waals surface area (Å²) in [6.45, 7) is 6.18. The molecule has 2 unspecified atom stereocenters. The van der Waals surface area contributed by atoms with Crippen molar-refractivity contribution in [2.45, 2.75) is 39.2 Å². The summed E-state index contributed by atoms with van der Waals surface area (Å²) in [5.41, 5.74) is -0.317. The van der Waals surface area contributed by atoms with E-state index in [1.165, 1.54) is 0 Å². The fourth-order valence-corrected chi connectivity index (χ4v) is 5.00. The molecule has 0 aromatic rings. The van der Waals surface area contributed by atoms with Gasteiger partial charge < -0.3 is 10.2 Å². The Morgan fingerprint density at radius 2 is 2.16 bits per heavy atom. The van der Waals surface area contributed by atoms with Crippen LogP contribution in [0.5, 0.6) is 0 Å². The highest BCUT2D eigenvalue weighted by atomic mass is 32.2. The minimum absolute atomic E-state index is 0.119. The summed E-state index contributed by atoms with van der Waals surface area (Å²) in [5.74, 6) is 0.503. The number of amides is 1. The first kappa shape index (κ1) is 14.8. The molecule has 110 valence electrons.